The molecule has 2 aromatic carbocycles. The van der Waals surface area contributed by atoms with Crippen molar-refractivity contribution in [3.8, 4) is 10.6 Å². The van der Waals surface area contributed by atoms with E-state index in [-0.39, 0.29) is 37.8 Å². The number of hydrogen-bond donors (Lipinski definition) is 0. The minimum absolute atomic E-state index is 0.0571. The number of benzene rings is 2. The lowest BCUT2D eigenvalue weighted by Gasteiger charge is -2.33. The van der Waals surface area contributed by atoms with Crippen molar-refractivity contribution in [2.45, 2.75) is 4.90 Å². The number of nitrogens with zero attached hydrogens (tertiary/aromatic N) is 3. The Hall–Kier alpha value is -2.76. The fourth-order valence-corrected chi connectivity index (χ4v) is 5.50. The van der Waals surface area contributed by atoms with Crippen molar-refractivity contribution in [1.82, 2.24) is 14.2 Å². The summed E-state index contributed by atoms with van der Waals surface area (Å²) in [6, 6.07) is 10.6. The maximum atomic E-state index is 14.0. The standard InChI is InChI=1S/C20H16F3N3O3S2/c21-14-6-7-16(18(23)17(14)22)31(28,29)26-10-8-25(9-11-26)20(27)15-12-30-19(24-15)13-4-2-1-3-5-13/h1-7,12H,8-11H2. The van der Waals surface area contributed by atoms with Gasteiger partial charge in [-0.3, -0.25) is 4.79 Å². The molecular weight excluding hydrogens is 451 g/mol. The molecule has 0 unspecified atom stereocenters. The zero-order valence-corrected chi connectivity index (χ0v) is 17.6. The smallest absolute Gasteiger partial charge is 0.273 e. The molecule has 0 bridgehead atoms. The van der Waals surface area contributed by atoms with E-state index in [4.69, 9.17) is 0 Å². The molecule has 162 valence electrons. The average Bonchev–Trinajstić information content (AvgIpc) is 3.28. The van der Waals surface area contributed by atoms with E-state index in [0.29, 0.717) is 17.1 Å². The number of aromatic nitrogens is 1. The van der Waals surface area contributed by atoms with Crippen LogP contribution in [0.2, 0.25) is 0 Å². The topological polar surface area (TPSA) is 70.6 Å². The molecule has 6 nitrogen and oxygen atoms in total. The molecule has 1 fully saturated rings. The van der Waals surface area contributed by atoms with E-state index >= 15 is 0 Å². The summed E-state index contributed by atoms with van der Waals surface area (Å²) in [6.07, 6.45) is 0. The molecule has 1 aromatic heterocycles. The molecule has 1 aliphatic heterocycles. The Bertz CT molecular complexity index is 1220. The van der Waals surface area contributed by atoms with Crippen LogP contribution in [-0.4, -0.2) is 54.7 Å². The summed E-state index contributed by atoms with van der Waals surface area (Å²) in [6.45, 7) is -0.104. The second-order valence-corrected chi connectivity index (χ2v) is 9.54. The van der Waals surface area contributed by atoms with Crippen LogP contribution in [0, 0.1) is 17.5 Å². The molecule has 0 atom stereocenters. The molecule has 2 heterocycles. The fraction of sp³-hybridized carbons (Fsp3) is 0.200. The highest BCUT2D eigenvalue weighted by Crippen LogP contribution is 2.26. The zero-order valence-electron chi connectivity index (χ0n) is 16.0. The minimum atomic E-state index is -4.38. The lowest BCUT2D eigenvalue weighted by atomic mass is 10.2. The van der Waals surface area contributed by atoms with Crippen molar-refractivity contribution in [1.29, 1.82) is 0 Å². The number of carbonyl (C=O) groups is 1. The Morgan fingerprint density at radius 2 is 1.61 bits per heavy atom. The van der Waals surface area contributed by atoms with Gasteiger partial charge in [-0.2, -0.15) is 4.31 Å². The van der Waals surface area contributed by atoms with E-state index in [2.05, 4.69) is 4.98 Å². The summed E-state index contributed by atoms with van der Waals surface area (Å²) in [5.41, 5.74) is 1.14. The van der Waals surface area contributed by atoms with Gasteiger partial charge in [0.15, 0.2) is 17.5 Å². The molecule has 0 spiro atoms. The van der Waals surface area contributed by atoms with Gasteiger partial charge in [0.1, 0.15) is 15.6 Å². The maximum Gasteiger partial charge on any atom is 0.273 e. The second kappa shape index (κ2) is 8.40. The molecule has 11 heteroatoms. The van der Waals surface area contributed by atoms with Crippen LogP contribution in [0.3, 0.4) is 0 Å². The number of rotatable bonds is 4. The van der Waals surface area contributed by atoms with Crippen molar-refractivity contribution in [3.63, 3.8) is 0 Å². The third kappa shape index (κ3) is 4.08. The van der Waals surface area contributed by atoms with Crippen LogP contribution in [0.1, 0.15) is 10.5 Å². The normalized spacial score (nSPS) is 15.3. The number of amides is 1. The third-order valence-corrected chi connectivity index (χ3v) is 7.69. The summed E-state index contributed by atoms with van der Waals surface area (Å²) in [7, 11) is -4.38. The van der Waals surface area contributed by atoms with Crippen molar-refractivity contribution in [3.05, 3.63) is 71.0 Å². The van der Waals surface area contributed by atoms with Crippen LogP contribution in [-0.2, 0) is 10.0 Å². The third-order valence-electron chi connectivity index (χ3n) is 4.89. The van der Waals surface area contributed by atoms with Crippen LogP contribution in [0.25, 0.3) is 10.6 Å². The highest BCUT2D eigenvalue weighted by Gasteiger charge is 2.34. The molecule has 0 N–H and O–H groups in total. The lowest BCUT2D eigenvalue weighted by molar-refractivity contribution is 0.0692. The van der Waals surface area contributed by atoms with Gasteiger partial charge in [0, 0.05) is 37.1 Å². The van der Waals surface area contributed by atoms with Crippen LogP contribution in [0.15, 0.2) is 52.7 Å². The average molecular weight is 467 g/mol. The summed E-state index contributed by atoms with van der Waals surface area (Å²) < 4.78 is 66.9. The second-order valence-electron chi connectivity index (χ2n) is 6.77. The first-order valence-corrected chi connectivity index (χ1v) is 11.5. The van der Waals surface area contributed by atoms with Gasteiger partial charge < -0.3 is 4.90 Å². The lowest BCUT2D eigenvalue weighted by Crippen LogP contribution is -2.50. The molecule has 0 saturated carbocycles. The Morgan fingerprint density at radius 1 is 0.935 bits per heavy atom. The summed E-state index contributed by atoms with van der Waals surface area (Å²) in [5, 5.41) is 2.34. The fourth-order valence-electron chi connectivity index (χ4n) is 3.23. The van der Waals surface area contributed by atoms with Crippen LogP contribution in [0.5, 0.6) is 0 Å². The number of hydrogen-bond acceptors (Lipinski definition) is 5. The number of thiazole rings is 1. The molecule has 0 aliphatic carbocycles. The zero-order chi connectivity index (χ0) is 22.2. The molecule has 0 radical (unpaired) electrons. The van der Waals surface area contributed by atoms with Crippen molar-refractivity contribution in [2.24, 2.45) is 0 Å². The number of halogens is 3. The van der Waals surface area contributed by atoms with Gasteiger partial charge in [-0.05, 0) is 12.1 Å². The van der Waals surface area contributed by atoms with Crippen molar-refractivity contribution in [2.75, 3.05) is 26.2 Å². The van der Waals surface area contributed by atoms with Gasteiger partial charge in [-0.25, -0.2) is 26.6 Å². The molecule has 1 amide bonds. The monoisotopic (exact) mass is 467 g/mol. The largest absolute Gasteiger partial charge is 0.335 e. The number of sulfonamides is 1. The predicted molar refractivity (Wildman–Crippen MR) is 109 cm³/mol. The van der Waals surface area contributed by atoms with Gasteiger partial charge >= 0.3 is 0 Å². The summed E-state index contributed by atoms with van der Waals surface area (Å²) >= 11 is 1.33. The maximum absolute atomic E-state index is 14.0. The van der Waals surface area contributed by atoms with Crippen LogP contribution in [0.4, 0.5) is 13.2 Å². The van der Waals surface area contributed by atoms with Gasteiger partial charge in [0.05, 0.1) is 0 Å². The Morgan fingerprint density at radius 3 is 2.29 bits per heavy atom. The SMILES string of the molecule is O=C(c1csc(-c2ccccc2)n1)N1CCN(S(=O)(=O)c2ccc(F)c(F)c2F)CC1. The predicted octanol–water partition coefficient (Wildman–Crippen LogP) is 3.37. The summed E-state index contributed by atoms with van der Waals surface area (Å²) in [5.74, 6) is -5.40. The first-order chi connectivity index (χ1) is 14.8. The van der Waals surface area contributed by atoms with Gasteiger partial charge in [0.25, 0.3) is 5.91 Å². The highest BCUT2D eigenvalue weighted by molar-refractivity contribution is 7.89. The molecule has 31 heavy (non-hydrogen) atoms. The van der Waals surface area contributed by atoms with E-state index < -0.39 is 32.4 Å². The van der Waals surface area contributed by atoms with E-state index in [0.717, 1.165) is 9.87 Å². The Labute approximate surface area is 180 Å². The molecule has 3 aromatic rings. The molecule has 1 saturated heterocycles. The quantitative estimate of drug-likeness (QED) is 0.552. The Balaban J connectivity index is 1.46. The van der Waals surface area contributed by atoms with E-state index in [1.54, 1.807) is 5.38 Å². The Kier molecular flexibility index (Phi) is 5.82. The first-order valence-electron chi connectivity index (χ1n) is 9.23. The molecular formula is C20H16F3N3O3S2. The van der Waals surface area contributed by atoms with Crippen LogP contribution < -0.4 is 0 Å². The molecule has 1 aliphatic rings. The van der Waals surface area contributed by atoms with Crippen LogP contribution >= 0.6 is 11.3 Å². The van der Waals surface area contributed by atoms with Gasteiger partial charge in [-0.15, -0.1) is 11.3 Å². The van der Waals surface area contributed by atoms with Crippen molar-refractivity contribution >= 4 is 27.3 Å². The minimum Gasteiger partial charge on any atom is -0.335 e. The summed E-state index contributed by atoms with van der Waals surface area (Å²) in [4.78, 5) is 17.7. The van der Waals surface area contributed by atoms with Crippen molar-refractivity contribution < 1.29 is 26.4 Å². The highest BCUT2D eigenvalue weighted by atomic mass is 32.2. The van der Waals surface area contributed by atoms with Gasteiger partial charge in [-0.1, -0.05) is 30.3 Å². The van der Waals surface area contributed by atoms with Gasteiger partial charge in [0.2, 0.25) is 10.0 Å². The van der Waals surface area contributed by atoms with E-state index in [1.165, 1.54) is 16.2 Å². The van der Waals surface area contributed by atoms with E-state index in [1.807, 2.05) is 30.3 Å². The number of carbonyl (C=O) groups excluding carboxylic acids is 1. The first kappa shape index (κ1) is 21.5. The molecule has 4 rings (SSSR count). The number of piperazine rings is 1. The van der Waals surface area contributed by atoms with E-state index in [9.17, 15) is 26.4 Å².